The number of carbonyl (C=O) groups excluding carboxylic acids is 1. The third-order valence-corrected chi connectivity index (χ3v) is 3.98. The van der Waals surface area contributed by atoms with Crippen LogP contribution in [-0.2, 0) is 0 Å². The molecule has 0 aliphatic carbocycles. The molecule has 2 rings (SSSR count). The predicted molar refractivity (Wildman–Crippen MR) is 66.1 cm³/mol. The molecule has 0 fully saturated rings. The molecule has 2 aromatic rings. The number of ketones is 1. The molecule has 0 saturated heterocycles. The Morgan fingerprint density at radius 3 is 3.00 bits per heavy atom. The van der Waals surface area contributed by atoms with Crippen LogP contribution in [0.2, 0.25) is 5.02 Å². The van der Waals surface area contributed by atoms with E-state index in [1.54, 1.807) is 0 Å². The molecule has 0 amide bonds. The first-order valence-electron chi connectivity index (χ1n) is 4.72. The van der Waals surface area contributed by atoms with E-state index < -0.39 is 0 Å². The van der Waals surface area contributed by atoms with Gasteiger partial charge < -0.3 is 0 Å². The van der Waals surface area contributed by atoms with E-state index in [1.807, 2.05) is 31.2 Å². The van der Waals surface area contributed by atoms with Gasteiger partial charge in [-0.3, -0.25) is 4.79 Å². The Kier molecular flexibility index (Phi) is 2.95. The molecule has 0 spiro atoms. The van der Waals surface area contributed by atoms with Crippen molar-refractivity contribution in [2.24, 2.45) is 0 Å². The van der Waals surface area contributed by atoms with Gasteiger partial charge in [-0.05, 0) is 18.6 Å². The maximum atomic E-state index is 11.6. The molecular weight excluding hydrogens is 242 g/mol. The van der Waals surface area contributed by atoms with Gasteiger partial charge in [-0.25, -0.2) is 0 Å². The molecule has 0 radical (unpaired) electrons. The van der Waals surface area contributed by atoms with Gasteiger partial charge in [0.2, 0.25) is 0 Å². The van der Waals surface area contributed by atoms with E-state index in [1.165, 1.54) is 11.3 Å². The first-order valence-corrected chi connectivity index (χ1v) is 5.91. The highest BCUT2D eigenvalue weighted by Gasteiger charge is 2.16. The summed E-state index contributed by atoms with van der Waals surface area (Å²) in [6, 6.07) is 7.71. The lowest BCUT2D eigenvalue weighted by Crippen LogP contribution is -1.93. The van der Waals surface area contributed by atoms with Crippen molar-refractivity contribution in [2.75, 3.05) is 0 Å². The predicted octanol–water partition coefficient (Wildman–Crippen LogP) is 3.96. The van der Waals surface area contributed by atoms with Crippen LogP contribution in [0.25, 0.3) is 10.1 Å². The summed E-state index contributed by atoms with van der Waals surface area (Å²) in [4.78, 5) is 12.1. The zero-order valence-electron chi connectivity index (χ0n) is 8.58. The van der Waals surface area contributed by atoms with Crippen molar-refractivity contribution in [2.45, 2.75) is 13.3 Å². The van der Waals surface area contributed by atoms with Crippen molar-refractivity contribution in [3.8, 4) is 6.07 Å². The summed E-state index contributed by atoms with van der Waals surface area (Å²) >= 11 is 7.47. The molecule has 1 aromatic carbocycles. The van der Waals surface area contributed by atoms with Gasteiger partial charge in [0.25, 0.3) is 0 Å². The lowest BCUT2D eigenvalue weighted by molar-refractivity contribution is 0.100. The summed E-state index contributed by atoms with van der Waals surface area (Å²) < 4.78 is 0.992. The average Bonchev–Trinajstić information content (AvgIpc) is 2.56. The van der Waals surface area contributed by atoms with Crippen molar-refractivity contribution in [3.05, 3.63) is 33.7 Å². The van der Waals surface area contributed by atoms with Gasteiger partial charge in [-0.15, -0.1) is 11.3 Å². The van der Waals surface area contributed by atoms with Gasteiger partial charge in [-0.2, -0.15) is 5.26 Å². The molecular formula is C12H8ClNOS. The first-order chi connectivity index (χ1) is 7.63. The van der Waals surface area contributed by atoms with Crippen LogP contribution in [0.1, 0.15) is 21.7 Å². The summed E-state index contributed by atoms with van der Waals surface area (Å²) in [6.07, 6.45) is -0.120. The monoisotopic (exact) mass is 249 g/mol. The van der Waals surface area contributed by atoms with Crippen molar-refractivity contribution in [1.82, 2.24) is 0 Å². The van der Waals surface area contributed by atoms with Crippen molar-refractivity contribution in [1.29, 1.82) is 5.26 Å². The number of hydrogen-bond acceptors (Lipinski definition) is 3. The van der Waals surface area contributed by atoms with Crippen LogP contribution in [0.3, 0.4) is 0 Å². The van der Waals surface area contributed by atoms with E-state index in [0.29, 0.717) is 9.90 Å². The quantitative estimate of drug-likeness (QED) is 0.756. The van der Waals surface area contributed by atoms with Gasteiger partial charge in [0.15, 0.2) is 5.78 Å². The fourth-order valence-electron chi connectivity index (χ4n) is 1.50. The highest BCUT2D eigenvalue weighted by Crippen LogP contribution is 2.36. The Labute approximate surface area is 102 Å². The second-order valence-corrected chi connectivity index (χ2v) is 4.93. The van der Waals surface area contributed by atoms with Crippen molar-refractivity contribution >= 4 is 38.8 Å². The molecule has 1 heterocycles. The highest BCUT2D eigenvalue weighted by molar-refractivity contribution is 7.21. The lowest BCUT2D eigenvalue weighted by Gasteiger charge is -1.92. The zero-order chi connectivity index (χ0) is 11.7. The standard InChI is InChI=1S/C12H8ClNOS/c1-7-2-3-8-10(6-7)16-12(11(8)13)9(15)4-5-14/h2-3,6H,4H2,1H3. The molecule has 80 valence electrons. The molecule has 2 nitrogen and oxygen atoms in total. The van der Waals surface area contributed by atoms with Crippen LogP contribution in [0.4, 0.5) is 0 Å². The number of Topliss-reactive ketones (excluding diaryl/α,β-unsaturated/α-hetero) is 1. The zero-order valence-corrected chi connectivity index (χ0v) is 10.2. The Morgan fingerprint density at radius 1 is 1.56 bits per heavy atom. The van der Waals surface area contributed by atoms with E-state index in [0.717, 1.165) is 15.6 Å². The first kappa shape index (κ1) is 11.1. The fraction of sp³-hybridized carbons (Fsp3) is 0.167. The minimum absolute atomic E-state index is 0.120. The van der Waals surface area contributed by atoms with Crippen molar-refractivity contribution in [3.63, 3.8) is 0 Å². The third kappa shape index (κ3) is 1.82. The van der Waals surface area contributed by atoms with Crippen LogP contribution < -0.4 is 0 Å². The molecule has 1 aromatic heterocycles. The number of benzene rings is 1. The smallest absolute Gasteiger partial charge is 0.188 e. The van der Waals surface area contributed by atoms with Gasteiger partial charge in [-0.1, -0.05) is 23.7 Å². The number of nitriles is 1. The van der Waals surface area contributed by atoms with E-state index in [2.05, 4.69) is 0 Å². The Bertz CT molecular complexity index is 609. The lowest BCUT2D eigenvalue weighted by atomic mass is 10.1. The average molecular weight is 250 g/mol. The fourth-order valence-corrected chi connectivity index (χ4v) is 3.08. The maximum absolute atomic E-state index is 11.6. The number of thiophene rings is 1. The van der Waals surface area contributed by atoms with Gasteiger partial charge in [0.05, 0.1) is 22.4 Å². The van der Waals surface area contributed by atoms with Gasteiger partial charge in [0, 0.05) is 10.1 Å². The summed E-state index contributed by atoms with van der Waals surface area (Å²) in [5.41, 5.74) is 1.13. The number of aryl methyl sites for hydroxylation is 1. The van der Waals surface area contributed by atoms with Crippen molar-refractivity contribution < 1.29 is 4.79 Å². The van der Waals surface area contributed by atoms with Crippen LogP contribution in [-0.4, -0.2) is 5.78 Å². The van der Waals surface area contributed by atoms with E-state index in [4.69, 9.17) is 16.9 Å². The van der Waals surface area contributed by atoms with Crippen LogP contribution in [0.15, 0.2) is 18.2 Å². The normalized spacial score (nSPS) is 10.3. The van der Waals surface area contributed by atoms with Crippen LogP contribution in [0.5, 0.6) is 0 Å². The number of fused-ring (bicyclic) bond motifs is 1. The summed E-state index contributed by atoms with van der Waals surface area (Å²) in [5, 5.41) is 9.86. The highest BCUT2D eigenvalue weighted by atomic mass is 35.5. The van der Waals surface area contributed by atoms with Gasteiger partial charge >= 0.3 is 0 Å². The molecule has 4 heteroatoms. The number of nitrogens with zero attached hydrogens (tertiary/aromatic N) is 1. The largest absolute Gasteiger partial charge is 0.292 e. The second-order valence-electron chi connectivity index (χ2n) is 3.50. The summed E-state index contributed by atoms with van der Waals surface area (Å²) in [5.74, 6) is -0.202. The van der Waals surface area contributed by atoms with Crippen LogP contribution >= 0.6 is 22.9 Å². The molecule has 0 bridgehead atoms. The van der Waals surface area contributed by atoms with E-state index >= 15 is 0 Å². The number of halogens is 1. The topological polar surface area (TPSA) is 40.9 Å². The van der Waals surface area contributed by atoms with E-state index in [9.17, 15) is 4.79 Å². The maximum Gasteiger partial charge on any atom is 0.188 e. The minimum Gasteiger partial charge on any atom is -0.292 e. The molecule has 0 aliphatic rings. The summed E-state index contributed by atoms with van der Waals surface area (Å²) in [6.45, 7) is 1.99. The summed E-state index contributed by atoms with van der Waals surface area (Å²) in [7, 11) is 0. The Balaban J connectivity index is 2.61. The molecule has 0 atom stereocenters. The molecule has 0 unspecified atom stereocenters. The molecule has 0 N–H and O–H groups in total. The Morgan fingerprint density at radius 2 is 2.31 bits per heavy atom. The van der Waals surface area contributed by atoms with Crippen LogP contribution in [0, 0.1) is 18.3 Å². The third-order valence-electron chi connectivity index (χ3n) is 2.28. The van der Waals surface area contributed by atoms with E-state index in [-0.39, 0.29) is 12.2 Å². The number of hydrogen-bond donors (Lipinski definition) is 0. The number of carbonyl (C=O) groups is 1. The SMILES string of the molecule is Cc1ccc2c(Cl)c(C(=O)CC#N)sc2c1. The van der Waals surface area contributed by atoms with Gasteiger partial charge in [0.1, 0.15) is 0 Å². The minimum atomic E-state index is -0.202. The number of rotatable bonds is 2. The Hall–Kier alpha value is -1.37. The molecule has 16 heavy (non-hydrogen) atoms. The second kappa shape index (κ2) is 4.25. The molecule has 0 saturated carbocycles. The molecule has 0 aliphatic heterocycles.